The second-order valence-electron chi connectivity index (χ2n) is 5.23. The molecule has 0 amide bonds. The van der Waals surface area contributed by atoms with Gasteiger partial charge in [0.2, 0.25) is 0 Å². The maximum atomic E-state index is 4.43. The summed E-state index contributed by atoms with van der Waals surface area (Å²) in [7, 11) is 6.20. The van der Waals surface area contributed by atoms with Gasteiger partial charge in [-0.2, -0.15) is 5.10 Å². The van der Waals surface area contributed by atoms with Crippen molar-refractivity contribution in [3.8, 4) is 0 Å². The van der Waals surface area contributed by atoms with Crippen molar-refractivity contribution in [3.05, 3.63) is 12.2 Å². The molecular weight excluding hydrogens is 226 g/mol. The minimum atomic E-state index is 0.0238. The maximum Gasteiger partial charge on any atom is 0.145 e. The van der Waals surface area contributed by atoms with E-state index in [1.54, 1.807) is 6.33 Å². The first-order valence-electron chi connectivity index (χ1n) is 6.72. The molecule has 1 N–H and O–H groups in total. The number of nitrogens with one attached hydrogen (secondary N) is 1. The average molecular weight is 253 g/mol. The molecule has 5 nitrogen and oxygen atoms in total. The monoisotopic (exact) mass is 253 g/mol. The number of aromatic nitrogens is 3. The molecule has 1 heterocycles. The Hall–Kier alpha value is -0.940. The van der Waals surface area contributed by atoms with Gasteiger partial charge >= 0.3 is 0 Å². The molecule has 104 valence electrons. The second-order valence-corrected chi connectivity index (χ2v) is 5.23. The van der Waals surface area contributed by atoms with E-state index in [-0.39, 0.29) is 11.6 Å². The van der Waals surface area contributed by atoms with Crippen molar-refractivity contribution in [2.45, 2.75) is 45.2 Å². The van der Waals surface area contributed by atoms with E-state index < -0.39 is 0 Å². The number of nitrogens with zero attached hydrogens (tertiary/aromatic N) is 4. The Balaban J connectivity index is 3.08. The van der Waals surface area contributed by atoms with Gasteiger partial charge in [-0.05, 0) is 40.4 Å². The summed E-state index contributed by atoms with van der Waals surface area (Å²) in [4.78, 5) is 6.70. The number of hydrogen-bond acceptors (Lipinski definition) is 4. The molecule has 0 aliphatic carbocycles. The van der Waals surface area contributed by atoms with Gasteiger partial charge in [0.25, 0.3) is 0 Å². The number of aryl methyl sites for hydroxylation is 1. The van der Waals surface area contributed by atoms with E-state index in [1.165, 1.54) is 0 Å². The van der Waals surface area contributed by atoms with Crippen molar-refractivity contribution in [1.29, 1.82) is 0 Å². The maximum absolute atomic E-state index is 4.43. The lowest BCUT2D eigenvalue weighted by molar-refractivity contribution is 0.106. The fraction of sp³-hybridized carbons (Fsp3) is 0.846. The molecule has 0 aliphatic heterocycles. The summed E-state index contributed by atoms with van der Waals surface area (Å²) in [5, 5.41) is 7.82. The summed E-state index contributed by atoms with van der Waals surface area (Å²) < 4.78 is 1.87. The molecule has 0 radical (unpaired) electrons. The zero-order valence-corrected chi connectivity index (χ0v) is 12.6. The Kier molecular flexibility index (Phi) is 5.28. The van der Waals surface area contributed by atoms with Crippen LogP contribution in [-0.4, -0.2) is 45.8 Å². The normalized spacial score (nSPS) is 16.8. The topological polar surface area (TPSA) is 46.0 Å². The van der Waals surface area contributed by atoms with E-state index in [2.05, 4.69) is 55.2 Å². The van der Waals surface area contributed by atoms with Gasteiger partial charge in [0.15, 0.2) is 0 Å². The second kappa shape index (κ2) is 6.29. The van der Waals surface area contributed by atoms with Gasteiger partial charge in [0.05, 0.1) is 6.04 Å². The van der Waals surface area contributed by atoms with Crippen molar-refractivity contribution in [2.24, 2.45) is 7.05 Å². The Morgan fingerprint density at radius 1 is 1.44 bits per heavy atom. The lowest BCUT2D eigenvalue weighted by Crippen LogP contribution is -2.52. The highest BCUT2D eigenvalue weighted by Crippen LogP contribution is 2.31. The predicted molar refractivity (Wildman–Crippen MR) is 74.4 cm³/mol. The van der Waals surface area contributed by atoms with Crippen molar-refractivity contribution in [3.63, 3.8) is 0 Å². The molecule has 1 aromatic rings. The highest BCUT2D eigenvalue weighted by Gasteiger charge is 2.37. The van der Waals surface area contributed by atoms with Crippen molar-refractivity contribution < 1.29 is 0 Å². The molecule has 0 bridgehead atoms. The first kappa shape index (κ1) is 15.1. The minimum absolute atomic E-state index is 0.0238. The van der Waals surface area contributed by atoms with Crippen molar-refractivity contribution in [1.82, 2.24) is 25.0 Å². The van der Waals surface area contributed by atoms with E-state index >= 15 is 0 Å². The van der Waals surface area contributed by atoms with Crippen LogP contribution >= 0.6 is 0 Å². The summed E-state index contributed by atoms with van der Waals surface area (Å²) in [6, 6.07) is 0.185. The van der Waals surface area contributed by atoms with Gasteiger partial charge in [-0.3, -0.25) is 4.68 Å². The number of likely N-dealkylation sites (N-methyl/N-ethyl adjacent to an activating group) is 1. The van der Waals surface area contributed by atoms with E-state index in [4.69, 9.17) is 0 Å². The van der Waals surface area contributed by atoms with E-state index in [0.29, 0.717) is 0 Å². The van der Waals surface area contributed by atoms with Gasteiger partial charge in [-0.15, -0.1) is 0 Å². The molecule has 0 aliphatic rings. The fourth-order valence-corrected chi connectivity index (χ4v) is 2.22. The molecule has 5 heteroatoms. The Morgan fingerprint density at radius 3 is 2.50 bits per heavy atom. The minimum Gasteiger partial charge on any atom is -0.306 e. The SMILES string of the molecule is CCCNC(c1ncnn1C)C(C)(CC)N(C)C. The third-order valence-corrected chi connectivity index (χ3v) is 3.96. The van der Waals surface area contributed by atoms with E-state index in [0.717, 1.165) is 25.2 Å². The molecule has 2 unspecified atom stereocenters. The standard InChI is InChI=1S/C13H27N5/c1-7-9-14-11(12-15-10-16-18(12)6)13(3,8-2)17(4)5/h10-11,14H,7-9H2,1-6H3. The fourth-order valence-electron chi connectivity index (χ4n) is 2.22. The predicted octanol–water partition coefficient (Wildman–Crippen LogP) is 1.59. The van der Waals surface area contributed by atoms with Crippen LogP contribution in [0.15, 0.2) is 6.33 Å². The summed E-state index contributed by atoms with van der Waals surface area (Å²) in [5.41, 5.74) is 0.0238. The summed E-state index contributed by atoms with van der Waals surface area (Å²) in [6.45, 7) is 7.66. The zero-order chi connectivity index (χ0) is 13.8. The van der Waals surface area contributed by atoms with Gasteiger partial charge in [0, 0.05) is 12.6 Å². The third kappa shape index (κ3) is 2.90. The average Bonchev–Trinajstić information content (AvgIpc) is 2.75. The lowest BCUT2D eigenvalue weighted by atomic mass is 9.87. The van der Waals surface area contributed by atoms with Crippen LogP contribution in [0.4, 0.5) is 0 Å². The number of hydrogen-bond donors (Lipinski definition) is 1. The van der Waals surface area contributed by atoms with Crippen LogP contribution < -0.4 is 5.32 Å². The van der Waals surface area contributed by atoms with Gasteiger partial charge in [-0.25, -0.2) is 4.98 Å². The van der Waals surface area contributed by atoms with Crippen LogP contribution in [0.1, 0.15) is 45.5 Å². The quantitative estimate of drug-likeness (QED) is 0.801. The van der Waals surface area contributed by atoms with Gasteiger partial charge in [-0.1, -0.05) is 13.8 Å². The molecule has 1 rings (SSSR count). The largest absolute Gasteiger partial charge is 0.306 e. The van der Waals surface area contributed by atoms with Crippen LogP contribution in [-0.2, 0) is 7.05 Å². The Bertz CT molecular complexity index is 360. The van der Waals surface area contributed by atoms with Gasteiger partial charge in [0.1, 0.15) is 12.2 Å². The van der Waals surface area contributed by atoms with Crippen LogP contribution in [0, 0.1) is 0 Å². The molecule has 0 saturated heterocycles. The lowest BCUT2D eigenvalue weighted by Gasteiger charge is -2.42. The van der Waals surface area contributed by atoms with E-state index in [9.17, 15) is 0 Å². The molecule has 0 aromatic carbocycles. The Morgan fingerprint density at radius 2 is 2.11 bits per heavy atom. The number of rotatable bonds is 7. The molecule has 18 heavy (non-hydrogen) atoms. The van der Waals surface area contributed by atoms with Crippen LogP contribution in [0.5, 0.6) is 0 Å². The van der Waals surface area contributed by atoms with Gasteiger partial charge < -0.3 is 10.2 Å². The highest BCUT2D eigenvalue weighted by atomic mass is 15.3. The highest BCUT2D eigenvalue weighted by molar-refractivity contribution is 5.06. The van der Waals surface area contributed by atoms with Crippen LogP contribution in [0.3, 0.4) is 0 Å². The molecule has 0 fully saturated rings. The van der Waals surface area contributed by atoms with Crippen molar-refractivity contribution in [2.75, 3.05) is 20.6 Å². The smallest absolute Gasteiger partial charge is 0.145 e. The Labute approximate surface area is 111 Å². The summed E-state index contributed by atoms with van der Waals surface area (Å²) >= 11 is 0. The summed E-state index contributed by atoms with van der Waals surface area (Å²) in [5.74, 6) is 1.00. The zero-order valence-electron chi connectivity index (χ0n) is 12.6. The molecule has 1 aromatic heterocycles. The molecular formula is C13H27N5. The van der Waals surface area contributed by atoms with E-state index in [1.807, 2.05) is 11.7 Å². The first-order valence-corrected chi connectivity index (χ1v) is 6.72. The molecule has 2 atom stereocenters. The molecule has 0 spiro atoms. The third-order valence-electron chi connectivity index (χ3n) is 3.96. The van der Waals surface area contributed by atoms with Crippen LogP contribution in [0.25, 0.3) is 0 Å². The molecule has 0 saturated carbocycles. The van der Waals surface area contributed by atoms with Crippen LogP contribution in [0.2, 0.25) is 0 Å². The summed E-state index contributed by atoms with van der Waals surface area (Å²) in [6.07, 6.45) is 3.79. The van der Waals surface area contributed by atoms with Crippen molar-refractivity contribution >= 4 is 0 Å². The first-order chi connectivity index (χ1) is 8.47.